The quantitative estimate of drug-likeness (QED) is 0.320. The van der Waals surface area contributed by atoms with Crippen LogP contribution in [0.5, 0.6) is 0 Å². The third-order valence-electron chi connectivity index (χ3n) is 12.2. The van der Waals surface area contributed by atoms with Crippen LogP contribution in [0.1, 0.15) is 92.9 Å². The van der Waals surface area contributed by atoms with Gasteiger partial charge in [0.25, 0.3) is 0 Å². The van der Waals surface area contributed by atoms with E-state index in [1.165, 1.54) is 6.42 Å². The standard InChI is InChI=1S/C30H44O3/c1-19-10-15-30(25(32)33-7)17-16-28(5)20(21(30)18-19)8-9-23-27(4)13-12-24(31)26(2,3)22(27)11-14-29(23,28)6/h8,12-13,19,21-23H,9-11,14-18H2,1-7H3/t19?,21?,22?,23?,27?,28-,29?,30?/m1/s1. The summed E-state index contributed by atoms with van der Waals surface area (Å²) in [5.74, 6) is 2.21. The molecular weight excluding hydrogens is 408 g/mol. The molecule has 3 nitrogen and oxygen atoms in total. The van der Waals surface area contributed by atoms with Crippen LogP contribution in [0.25, 0.3) is 0 Å². The Hall–Kier alpha value is -1.38. The lowest BCUT2D eigenvalue weighted by molar-refractivity contribution is -0.175. The second-order valence-electron chi connectivity index (χ2n) is 13.7. The third-order valence-corrected chi connectivity index (χ3v) is 12.2. The Kier molecular flexibility index (Phi) is 5.01. The van der Waals surface area contributed by atoms with Gasteiger partial charge in [0.15, 0.2) is 5.78 Å². The van der Waals surface area contributed by atoms with E-state index in [-0.39, 0.29) is 33.0 Å². The zero-order chi connectivity index (χ0) is 24.0. The fraction of sp³-hybridized carbons (Fsp3) is 0.800. The van der Waals surface area contributed by atoms with Crippen molar-refractivity contribution in [1.82, 2.24) is 0 Å². The van der Waals surface area contributed by atoms with Crippen LogP contribution in [-0.2, 0) is 14.3 Å². The average molecular weight is 453 g/mol. The molecule has 7 unspecified atom stereocenters. The zero-order valence-electron chi connectivity index (χ0n) is 21.9. The number of hydrogen-bond donors (Lipinski definition) is 0. The molecule has 33 heavy (non-hydrogen) atoms. The van der Waals surface area contributed by atoms with Gasteiger partial charge in [-0.05, 0) is 97.4 Å². The van der Waals surface area contributed by atoms with Crippen molar-refractivity contribution < 1.29 is 14.3 Å². The van der Waals surface area contributed by atoms with E-state index in [2.05, 4.69) is 53.7 Å². The number of ketones is 1. The van der Waals surface area contributed by atoms with Gasteiger partial charge < -0.3 is 4.74 Å². The van der Waals surface area contributed by atoms with Crippen LogP contribution in [0.3, 0.4) is 0 Å². The number of fused-ring (bicyclic) bond motifs is 7. The molecule has 5 aliphatic carbocycles. The molecule has 3 heteroatoms. The predicted octanol–water partition coefficient (Wildman–Crippen LogP) is 6.92. The second kappa shape index (κ2) is 7.08. The zero-order valence-corrected chi connectivity index (χ0v) is 21.9. The van der Waals surface area contributed by atoms with Crippen molar-refractivity contribution >= 4 is 11.8 Å². The van der Waals surface area contributed by atoms with Crippen molar-refractivity contribution in [3.8, 4) is 0 Å². The minimum absolute atomic E-state index is 0.0285. The minimum atomic E-state index is -0.323. The van der Waals surface area contributed by atoms with Crippen LogP contribution in [0.2, 0.25) is 0 Å². The molecular formula is C30H44O3. The van der Waals surface area contributed by atoms with Crippen LogP contribution >= 0.6 is 0 Å². The lowest BCUT2D eigenvalue weighted by Gasteiger charge is -2.69. The van der Waals surface area contributed by atoms with E-state index in [4.69, 9.17) is 4.74 Å². The first kappa shape index (κ1) is 23.4. The molecule has 8 atom stereocenters. The van der Waals surface area contributed by atoms with Crippen LogP contribution in [0, 0.1) is 50.7 Å². The number of hydrogen-bond acceptors (Lipinski definition) is 3. The van der Waals surface area contributed by atoms with E-state index in [1.807, 2.05) is 6.08 Å². The molecule has 0 heterocycles. The Morgan fingerprint density at radius 1 is 1.00 bits per heavy atom. The van der Waals surface area contributed by atoms with Crippen LogP contribution in [0.4, 0.5) is 0 Å². The third kappa shape index (κ3) is 2.74. The summed E-state index contributed by atoms with van der Waals surface area (Å²) in [6.45, 7) is 14.2. The van der Waals surface area contributed by atoms with Crippen molar-refractivity contribution in [2.75, 3.05) is 7.11 Å². The Bertz CT molecular complexity index is 942. The molecule has 0 amide bonds. The number of allylic oxidation sites excluding steroid dienone is 4. The molecule has 3 saturated carbocycles. The maximum absolute atomic E-state index is 13.2. The summed E-state index contributed by atoms with van der Waals surface area (Å²) in [6, 6.07) is 0. The molecule has 5 aliphatic rings. The molecule has 0 aromatic carbocycles. The van der Waals surface area contributed by atoms with Crippen molar-refractivity contribution in [2.24, 2.45) is 50.7 Å². The van der Waals surface area contributed by atoms with Gasteiger partial charge in [-0.25, -0.2) is 0 Å². The summed E-state index contributed by atoms with van der Waals surface area (Å²) in [5, 5.41) is 0. The first-order chi connectivity index (χ1) is 15.4. The summed E-state index contributed by atoms with van der Waals surface area (Å²) >= 11 is 0. The van der Waals surface area contributed by atoms with E-state index in [0.717, 1.165) is 44.9 Å². The second-order valence-corrected chi connectivity index (χ2v) is 13.7. The fourth-order valence-corrected chi connectivity index (χ4v) is 9.97. The summed E-state index contributed by atoms with van der Waals surface area (Å²) < 4.78 is 5.44. The number of methoxy groups -OCH3 is 1. The highest BCUT2D eigenvalue weighted by atomic mass is 16.5. The highest BCUT2D eigenvalue weighted by Gasteiger charge is 2.68. The lowest BCUT2D eigenvalue weighted by Crippen LogP contribution is -2.63. The summed E-state index contributed by atoms with van der Waals surface area (Å²) in [6.07, 6.45) is 15.3. The molecule has 3 fully saturated rings. The molecule has 0 saturated heterocycles. The van der Waals surface area contributed by atoms with Crippen LogP contribution in [-0.4, -0.2) is 18.9 Å². The number of carbonyl (C=O) groups is 2. The first-order valence-corrected chi connectivity index (χ1v) is 13.4. The highest BCUT2D eigenvalue weighted by molar-refractivity contribution is 5.95. The van der Waals surface area contributed by atoms with Crippen molar-refractivity contribution in [1.29, 1.82) is 0 Å². The number of esters is 1. The lowest BCUT2D eigenvalue weighted by atomic mass is 9.34. The molecule has 182 valence electrons. The molecule has 0 bridgehead atoms. The van der Waals surface area contributed by atoms with Crippen LogP contribution < -0.4 is 0 Å². The minimum Gasteiger partial charge on any atom is -0.469 e. The van der Waals surface area contributed by atoms with Gasteiger partial charge in [-0.15, -0.1) is 0 Å². The Labute approximate surface area is 200 Å². The number of rotatable bonds is 1. The fourth-order valence-electron chi connectivity index (χ4n) is 9.97. The summed E-state index contributed by atoms with van der Waals surface area (Å²) in [4.78, 5) is 26.0. The van der Waals surface area contributed by atoms with Crippen molar-refractivity contribution in [3.63, 3.8) is 0 Å². The molecule has 0 N–H and O–H groups in total. The monoisotopic (exact) mass is 452 g/mol. The first-order valence-electron chi connectivity index (χ1n) is 13.4. The van der Waals surface area contributed by atoms with Gasteiger partial charge in [-0.3, -0.25) is 9.59 Å². The van der Waals surface area contributed by atoms with Gasteiger partial charge in [-0.2, -0.15) is 0 Å². The number of carbonyl (C=O) groups excluding carboxylic acids is 2. The van der Waals surface area contributed by atoms with E-state index in [9.17, 15) is 9.59 Å². The molecule has 0 aromatic heterocycles. The Balaban J connectivity index is 1.61. The van der Waals surface area contributed by atoms with Gasteiger partial charge >= 0.3 is 5.97 Å². The molecule has 0 aromatic rings. The smallest absolute Gasteiger partial charge is 0.312 e. The molecule has 0 aliphatic heterocycles. The SMILES string of the molecule is COC(=O)C12CCC(C)CC1C1=CCC3C4(C)C=CC(=O)C(C)(C)C4CCC3(C)[C@]1(C)CC2. The summed E-state index contributed by atoms with van der Waals surface area (Å²) in [7, 11) is 1.58. The van der Waals surface area contributed by atoms with Crippen molar-refractivity contribution in [2.45, 2.75) is 92.9 Å². The van der Waals surface area contributed by atoms with E-state index >= 15 is 0 Å². The van der Waals surface area contributed by atoms with Gasteiger partial charge in [-0.1, -0.05) is 59.3 Å². The van der Waals surface area contributed by atoms with E-state index < -0.39 is 0 Å². The Morgan fingerprint density at radius 2 is 1.73 bits per heavy atom. The van der Waals surface area contributed by atoms with Gasteiger partial charge in [0, 0.05) is 5.41 Å². The van der Waals surface area contributed by atoms with E-state index in [1.54, 1.807) is 12.7 Å². The average Bonchev–Trinajstić information content (AvgIpc) is 2.76. The molecule has 0 radical (unpaired) electrons. The molecule has 5 rings (SSSR count). The van der Waals surface area contributed by atoms with Gasteiger partial charge in [0.2, 0.25) is 0 Å². The van der Waals surface area contributed by atoms with E-state index in [0.29, 0.717) is 29.5 Å². The maximum atomic E-state index is 13.2. The van der Waals surface area contributed by atoms with Crippen LogP contribution in [0.15, 0.2) is 23.8 Å². The maximum Gasteiger partial charge on any atom is 0.312 e. The summed E-state index contributed by atoms with van der Waals surface area (Å²) in [5.41, 5.74) is 1.26. The highest BCUT2D eigenvalue weighted by Crippen LogP contribution is 2.74. The number of ether oxygens (including phenoxy) is 1. The van der Waals surface area contributed by atoms with Gasteiger partial charge in [0.05, 0.1) is 12.5 Å². The van der Waals surface area contributed by atoms with Crippen molar-refractivity contribution in [3.05, 3.63) is 23.8 Å². The topological polar surface area (TPSA) is 43.4 Å². The largest absolute Gasteiger partial charge is 0.469 e. The predicted molar refractivity (Wildman–Crippen MR) is 131 cm³/mol. The Morgan fingerprint density at radius 3 is 2.42 bits per heavy atom. The molecule has 0 spiro atoms. The normalized spacial score (nSPS) is 50.3. The van der Waals surface area contributed by atoms with Gasteiger partial charge in [0.1, 0.15) is 0 Å².